The third-order valence-corrected chi connectivity index (χ3v) is 3.84. The third kappa shape index (κ3) is 4.44. The van der Waals surface area contributed by atoms with E-state index in [-0.39, 0.29) is 12.0 Å². The number of rotatable bonds is 8. The van der Waals surface area contributed by atoms with Gasteiger partial charge in [-0.25, -0.2) is 8.78 Å². The van der Waals surface area contributed by atoms with Crippen LogP contribution in [0.5, 0.6) is 0 Å². The molecule has 1 aliphatic heterocycles. The van der Waals surface area contributed by atoms with E-state index < -0.39 is 13.0 Å². The summed E-state index contributed by atoms with van der Waals surface area (Å²) in [5, 5.41) is 7.35. The normalized spacial score (nSPS) is 22.9. The predicted molar refractivity (Wildman–Crippen MR) is 73.5 cm³/mol. The summed E-state index contributed by atoms with van der Waals surface area (Å²) in [7, 11) is 0. The summed E-state index contributed by atoms with van der Waals surface area (Å²) < 4.78 is 34.2. The summed E-state index contributed by atoms with van der Waals surface area (Å²) in [5.41, 5.74) is -0.0813. The minimum Gasteiger partial charge on any atom is -0.375 e. The molecule has 0 bridgehead atoms. The highest BCUT2D eigenvalue weighted by Gasteiger charge is 2.38. The van der Waals surface area contributed by atoms with Gasteiger partial charge in [0.25, 0.3) is 6.43 Å². The molecule has 1 aromatic rings. The molecule has 0 spiro atoms. The lowest BCUT2D eigenvalue weighted by molar-refractivity contribution is 0.0182. The Bertz CT molecular complexity index is 415. The van der Waals surface area contributed by atoms with Gasteiger partial charge in [0.05, 0.1) is 12.0 Å². The fourth-order valence-electron chi connectivity index (χ4n) is 2.86. The topological polar surface area (TPSA) is 60.2 Å². The SMILES string of the molecule is CCCC1(c2nc(CCOCC(F)F)no2)CCCNC1. The molecule has 1 atom stereocenters. The summed E-state index contributed by atoms with van der Waals surface area (Å²) in [6.45, 7) is 3.65. The van der Waals surface area contributed by atoms with E-state index in [1.807, 2.05) is 0 Å². The van der Waals surface area contributed by atoms with Crippen LogP contribution in [0, 0.1) is 0 Å². The molecule has 5 nitrogen and oxygen atoms in total. The third-order valence-electron chi connectivity index (χ3n) is 3.84. The molecule has 0 radical (unpaired) electrons. The van der Waals surface area contributed by atoms with Crippen LogP contribution in [0.25, 0.3) is 0 Å². The van der Waals surface area contributed by atoms with Crippen LogP contribution in [0.1, 0.15) is 44.3 Å². The Hall–Kier alpha value is -1.08. The second-order valence-electron chi connectivity index (χ2n) is 5.54. The molecule has 0 saturated carbocycles. The minimum atomic E-state index is -2.44. The van der Waals surface area contributed by atoms with Crippen molar-refractivity contribution in [3.05, 3.63) is 11.7 Å². The van der Waals surface area contributed by atoms with E-state index in [1.54, 1.807) is 0 Å². The van der Waals surface area contributed by atoms with Crippen molar-refractivity contribution in [3.63, 3.8) is 0 Å². The molecule has 0 aliphatic carbocycles. The number of halogens is 2. The van der Waals surface area contributed by atoms with Crippen LogP contribution in [0.2, 0.25) is 0 Å². The zero-order valence-electron chi connectivity index (χ0n) is 12.4. The molecule has 0 amide bonds. The maximum Gasteiger partial charge on any atom is 0.261 e. The Morgan fingerprint density at radius 2 is 2.33 bits per heavy atom. The highest BCUT2D eigenvalue weighted by molar-refractivity contribution is 5.08. The van der Waals surface area contributed by atoms with Crippen LogP contribution >= 0.6 is 0 Å². The van der Waals surface area contributed by atoms with E-state index >= 15 is 0 Å². The molecular formula is C14H23F2N3O2. The zero-order chi connectivity index (χ0) is 15.1. The van der Waals surface area contributed by atoms with Gasteiger partial charge in [-0.3, -0.25) is 0 Å². The molecule has 7 heteroatoms. The van der Waals surface area contributed by atoms with Crippen molar-refractivity contribution in [2.75, 3.05) is 26.3 Å². The lowest BCUT2D eigenvalue weighted by Crippen LogP contribution is -2.43. The standard InChI is InChI=1S/C14H23F2N3O2/c1-2-5-14(6-3-7-17-10-14)13-18-12(19-21-13)4-8-20-9-11(15)16/h11,17H,2-10H2,1H3. The van der Waals surface area contributed by atoms with E-state index in [4.69, 9.17) is 9.26 Å². The largest absolute Gasteiger partial charge is 0.375 e. The number of aromatic nitrogens is 2. The Morgan fingerprint density at radius 3 is 3.00 bits per heavy atom. The fourth-order valence-corrected chi connectivity index (χ4v) is 2.86. The zero-order valence-corrected chi connectivity index (χ0v) is 12.4. The molecule has 1 aliphatic rings. The Balaban J connectivity index is 1.93. The molecule has 1 fully saturated rings. The first-order valence-corrected chi connectivity index (χ1v) is 7.56. The first-order valence-electron chi connectivity index (χ1n) is 7.56. The Morgan fingerprint density at radius 1 is 1.48 bits per heavy atom. The van der Waals surface area contributed by atoms with Crippen molar-refractivity contribution >= 4 is 0 Å². The van der Waals surface area contributed by atoms with Crippen LogP contribution in [-0.2, 0) is 16.6 Å². The highest BCUT2D eigenvalue weighted by atomic mass is 19.3. The molecular weight excluding hydrogens is 280 g/mol. The van der Waals surface area contributed by atoms with Crippen molar-refractivity contribution in [1.82, 2.24) is 15.5 Å². The number of alkyl halides is 2. The van der Waals surface area contributed by atoms with Gasteiger partial charge in [-0.2, -0.15) is 4.98 Å². The van der Waals surface area contributed by atoms with E-state index in [2.05, 4.69) is 22.4 Å². The van der Waals surface area contributed by atoms with Crippen molar-refractivity contribution < 1.29 is 18.0 Å². The van der Waals surface area contributed by atoms with Gasteiger partial charge in [-0.1, -0.05) is 18.5 Å². The maximum absolute atomic E-state index is 12.0. The van der Waals surface area contributed by atoms with E-state index in [1.165, 1.54) is 0 Å². The molecule has 120 valence electrons. The number of ether oxygens (including phenoxy) is 1. The van der Waals surface area contributed by atoms with Gasteiger partial charge in [-0.15, -0.1) is 0 Å². The van der Waals surface area contributed by atoms with Crippen LogP contribution in [0.4, 0.5) is 8.78 Å². The number of piperidine rings is 1. The van der Waals surface area contributed by atoms with Gasteiger partial charge in [-0.05, 0) is 25.8 Å². The minimum absolute atomic E-state index is 0.0813. The Kier molecular flexibility index (Phi) is 6.05. The van der Waals surface area contributed by atoms with Gasteiger partial charge in [0.15, 0.2) is 5.82 Å². The number of hydrogen-bond acceptors (Lipinski definition) is 5. The molecule has 0 aromatic carbocycles. The summed E-state index contributed by atoms with van der Waals surface area (Å²) in [4.78, 5) is 4.46. The maximum atomic E-state index is 12.0. The van der Waals surface area contributed by atoms with Gasteiger partial charge in [0.2, 0.25) is 5.89 Å². The number of hydrogen-bond donors (Lipinski definition) is 1. The monoisotopic (exact) mass is 303 g/mol. The fraction of sp³-hybridized carbons (Fsp3) is 0.857. The molecule has 1 aromatic heterocycles. The van der Waals surface area contributed by atoms with Gasteiger partial charge in [0, 0.05) is 13.0 Å². The summed E-state index contributed by atoms with van der Waals surface area (Å²) in [6, 6.07) is 0. The van der Waals surface area contributed by atoms with Crippen molar-refractivity contribution in [2.45, 2.75) is 50.9 Å². The summed E-state index contributed by atoms with van der Waals surface area (Å²) in [6.07, 6.45) is 2.14. The van der Waals surface area contributed by atoms with Crippen molar-refractivity contribution in [2.24, 2.45) is 0 Å². The second-order valence-corrected chi connectivity index (χ2v) is 5.54. The van der Waals surface area contributed by atoms with E-state index in [0.29, 0.717) is 18.1 Å². The molecule has 1 saturated heterocycles. The summed E-state index contributed by atoms with van der Waals surface area (Å²) >= 11 is 0. The number of nitrogens with one attached hydrogen (secondary N) is 1. The first-order chi connectivity index (χ1) is 10.2. The molecule has 2 heterocycles. The molecule has 1 unspecified atom stereocenters. The highest BCUT2D eigenvalue weighted by Crippen LogP contribution is 2.34. The molecule has 2 rings (SSSR count). The van der Waals surface area contributed by atoms with Crippen LogP contribution < -0.4 is 5.32 Å². The van der Waals surface area contributed by atoms with Crippen LogP contribution in [-0.4, -0.2) is 42.9 Å². The second kappa shape index (κ2) is 7.79. The van der Waals surface area contributed by atoms with Crippen molar-refractivity contribution in [3.8, 4) is 0 Å². The Labute approximate surface area is 123 Å². The average Bonchev–Trinajstić information content (AvgIpc) is 2.94. The van der Waals surface area contributed by atoms with E-state index in [0.717, 1.165) is 38.8 Å². The van der Waals surface area contributed by atoms with Gasteiger partial charge in [0.1, 0.15) is 6.61 Å². The smallest absolute Gasteiger partial charge is 0.261 e. The van der Waals surface area contributed by atoms with Gasteiger partial charge < -0.3 is 14.6 Å². The number of nitrogens with zero attached hydrogens (tertiary/aromatic N) is 2. The van der Waals surface area contributed by atoms with E-state index in [9.17, 15) is 8.78 Å². The van der Waals surface area contributed by atoms with Crippen molar-refractivity contribution in [1.29, 1.82) is 0 Å². The lowest BCUT2D eigenvalue weighted by atomic mass is 9.77. The first kappa shape index (κ1) is 16.3. The molecule has 21 heavy (non-hydrogen) atoms. The van der Waals surface area contributed by atoms with Crippen LogP contribution in [0.3, 0.4) is 0 Å². The lowest BCUT2D eigenvalue weighted by Gasteiger charge is -2.34. The quantitative estimate of drug-likeness (QED) is 0.747. The molecule has 1 N–H and O–H groups in total. The summed E-state index contributed by atoms with van der Waals surface area (Å²) in [5.74, 6) is 1.20. The van der Waals surface area contributed by atoms with Gasteiger partial charge >= 0.3 is 0 Å². The average molecular weight is 303 g/mol. The predicted octanol–water partition coefficient (Wildman–Crippen LogP) is 2.32. The van der Waals surface area contributed by atoms with Crippen LogP contribution in [0.15, 0.2) is 4.52 Å².